The monoisotopic (exact) mass is 367 g/mol. The number of anilines is 1. The van der Waals surface area contributed by atoms with Crippen LogP contribution >= 0.6 is 0 Å². The van der Waals surface area contributed by atoms with Crippen LogP contribution in [0.5, 0.6) is 0 Å². The number of imidazole rings is 1. The van der Waals surface area contributed by atoms with Crippen LogP contribution in [0.3, 0.4) is 0 Å². The Kier molecular flexibility index (Phi) is 4.61. The first kappa shape index (κ1) is 17.8. The molecule has 0 radical (unpaired) electrons. The van der Waals surface area contributed by atoms with E-state index in [0.29, 0.717) is 0 Å². The lowest BCUT2D eigenvalue weighted by Crippen LogP contribution is -2.40. The van der Waals surface area contributed by atoms with Crippen LogP contribution in [-0.2, 0) is 23.8 Å². The van der Waals surface area contributed by atoms with E-state index in [2.05, 4.69) is 15.0 Å². The number of esters is 2. The Hall–Kier alpha value is -2.99. The van der Waals surface area contributed by atoms with Crippen molar-refractivity contribution >= 4 is 29.1 Å². The number of nitrogens with one attached hydrogen (secondary N) is 1. The molecule has 1 fully saturated rings. The molecule has 0 aliphatic carbocycles. The van der Waals surface area contributed by atoms with E-state index >= 15 is 0 Å². The van der Waals surface area contributed by atoms with Gasteiger partial charge in [0.15, 0.2) is 29.6 Å². The van der Waals surface area contributed by atoms with Crippen molar-refractivity contribution in [2.75, 3.05) is 12.3 Å². The molecular weight excluding hydrogens is 350 g/mol. The highest BCUT2D eigenvalue weighted by Gasteiger charge is 2.50. The van der Waals surface area contributed by atoms with Gasteiger partial charge in [0, 0.05) is 13.8 Å². The van der Waals surface area contributed by atoms with E-state index in [9.17, 15) is 19.5 Å². The highest BCUT2D eigenvalue weighted by Crippen LogP contribution is 2.35. The molecular formula is C14H17N5O7. The van der Waals surface area contributed by atoms with Crippen molar-refractivity contribution in [3.63, 3.8) is 0 Å². The molecule has 1 unspecified atom stereocenters. The lowest BCUT2D eigenvalue weighted by Gasteiger charge is -2.23. The summed E-state index contributed by atoms with van der Waals surface area (Å²) in [6, 6.07) is 0. The summed E-state index contributed by atoms with van der Waals surface area (Å²) in [5.74, 6) is -1.42. The summed E-state index contributed by atoms with van der Waals surface area (Å²) in [5, 5.41) is 9.55. The number of carbonyl (C=O) groups excluding carboxylic acids is 2. The van der Waals surface area contributed by atoms with E-state index in [0.717, 1.165) is 0 Å². The fourth-order valence-corrected chi connectivity index (χ4v) is 2.86. The van der Waals surface area contributed by atoms with Gasteiger partial charge in [-0.15, -0.1) is 0 Å². The topological polar surface area (TPSA) is 172 Å². The molecule has 1 aliphatic heterocycles. The molecule has 0 bridgehead atoms. The summed E-state index contributed by atoms with van der Waals surface area (Å²) in [5.41, 5.74) is 5.11. The zero-order valence-electron chi connectivity index (χ0n) is 13.9. The van der Waals surface area contributed by atoms with Crippen LogP contribution < -0.4 is 11.3 Å². The van der Waals surface area contributed by atoms with Gasteiger partial charge in [0.05, 0.1) is 12.9 Å². The van der Waals surface area contributed by atoms with Crippen LogP contribution in [0.25, 0.3) is 11.2 Å². The summed E-state index contributed by atoms with van der Waals surface area (Å²) in [6.07, 6.45) is -2.88. The molecule has 0 spiro atoms. The van der Waals surface area contributed by atoms with Crippen LogP contribution in [-0.4, -0.2) is 61.5 Å². The van der Waals surface area contributed by atoms with Crippen LogP contribution in [0.1, 0.15) is 20.1 Å². The maximum atomic E-state index is 11.9. The Morgan fingerprint density at radius 2 is 2.00 bits per heavy atom. The van der Waals surface area contributed by atoms with Crippen LogP contribution in [0.4, 0.5) is 5.95 Å². The number of ether oxygens (including phenoxy) is 3. The summed E-state index contributed by atoms with van der Waals surface area (Å²) >= 11 is 0. The van der Waals surface area contributed by atoms with E-state index in [1.807, 2.05) is 0 Å². The molecule has 4 atom stereocenters. The minimum atomic E-state index is -1.09. The Balaban J connectivity index is 2.08. The molecule has 12 heteroatoms. The average Bonchev–Trinajstić information content (AvgIpc) is 3.09. The van der Waals surface area contributed by atoms with Crippen molar-refractivity contribution < 1.29 is 28.9 Å². The predicted octanol–water partition coefficient (Wildman–Crippen LogP) is -1.55. The van der Waals surface area contributed by atoms with Gasteiger partial charge in [0.1, 0.15) is 6.10 Å². The third kappa shape index (κ3) is 3.11. The maximum absolute atomic E-state index is 11.9. The van der Waals surface area contributed by atoms with Gasteiger partial charge in [-0.25, -0.2) is 4.98 Å². The largest absolute Gasteiger partial charge is 0.456 e. The molecule has 3 rings (SSSR count). The second kappa shape index (κ2) is 6.72. The second-order valence-electron chi connectivity index (χ2n) is 5.67. The van der Waals surface area contributed by atoms with Crippen LogP contribution in [0, 0.1) is 0 Å². The van der Waals surface area contributed by atoms with Crippen molar-refractivity contribution in [1.82, 2.24) is 19.5 Å². The quantitative estimate of drug-likeness (QED) is 0.537. The Morgan fingerprint density at radius 3 is 2.62 bits per heavy atom. The SMILES string of the molecule is CC(=O)OC1[C@@H](CO)O[C@@H](n2cnc3c(=O)[nH]c(N)nc32)[C@H]1OC(C)=O. The summed E-state index contributed by atoms with van der Waals surface area (Å²) in [7, 11) is 0. The molecule has 26 heavy (non-hydrogen) atoms. The fraction of sp³-hybridized carbons (Fsp3) is 0.500. The average molecular weight is 367 g/mol. The summed E-state index contributed by atoms with van der Waals surface area (Å²) < 4.78 is 17.5. The Labute approximate surface area is 145 Å². The molecule has 0 amide bonds. The van der Waals surface area contributed by atoms with Gasteiger partial charge in [0.25, 0.3) is 5.56 Å². The number of aliphatic hydroxyl groups excluding tert-OH is 1. The minimum absolute atomic E-state index is 0.000796. The number of aromatic nitrogens is 4. The van der Waals surface area contributed by atoms with Crippen molar-refractivity contribution in [1.29, 1.82) is 0 Å². The number of carbonyl (C=O) groups is 2. The zero-order chi connectivity index (χ0) is 19.0. The smallest absolute Gasteiger partial charge is 0.303 e. The zero-order valence-corrected chi connectivity index (χ0v) is 13.9. The maximum Gasteiger partial charge on any atom is 0.303 e. The number of nitrogens with zero attached hydrogens (tertiary/aromatic N) is 3. The first-order valence-electron chi connectivity index (χ1n) is 7.65. The van der Waals surface area contributed by atoms with E-state index in [-0.39, 0.29) is 17.1 Å². The summed E-state index contributed by atoms with van der Waals surface area (Å²) in [6.45, 7) is 1.87. The van der Waals surface area contributed by atoms with Crippen LogP contribution in [0.15, 0.2) is 11.1 Å². The normalized spacial score (nSPS) is 25.3. The number of fused-ring (bicyclic) bond motifs is 1. The first-order valence-corrected chi connectivity index (χ1v) is 7.65. The van der Waals surface area contributed by atoms with Gasteiger partial charge < -0.3 is 25.1 Å². The number of H-pyrrole nitrogens is 1. The number of nitrogens with two attached hydrogens (primary N) is 1. The van der Waals surface area contributed by atoms with E-state index < -0.39 is 48.6 Å². The highest BCUT2D eigenvalue weighted by atomic mass is 16.6. The lowest BCUT2D eigenvalue weighted by molar-refractivity contribution is -0.165. The minimum Gasteiger partial charge on any atom is -0.456 e. The number of hydrogen-bond donors (Lipinski definition) is 3. The van der Waals surface area contributed by atoms with Gasteiger partial charge in [-0.1, -0.05) is 0 Å². The summed E-state index contributed by atoms with van der Waals surface area (Å²) in [4.78, 5) is 45.1. The number of aliphatic hydroxyl groups is 1. The van der Waals surface area contributed by atoms with E-state index in [1.54, 1.807) is 0 Å². The van der Waals surface area contributed by atoms with Gasteiger partial charge in [-0.2, -0.15) is 4.98 Å². The number of hydrogen-bond acceptors (Lipinski definition) is 10. The molecule has 2 aromatic rings. The van der Waals surface area contributed by atoms with Gasteiger partial charge >= 0.3 is 11.9 Å². The van der Waals surface area contributed by atoms with Crippen molar-refractivity contribution in [2.45, 2.75) is 38.4 Å². The van der Waals surface area contributed by atoms with Crippen molar-refractivity contribution in [3.05, 3.63) is 16.7 Å². The molecule has 3 heterocycles. The highest BCUT2D eigenvalue weighted by molar-refractivity contribution is 5.71. The van der Waals surface area contributed by atoms with Gasteiger partial charge in [-0.3, -0.25) is 23.9 Å². The molecule has 2 aromatic heterocycles. The Morgan fingerprint density at radius 1 is 1.35 bits per heavy atom. The molecule has 0 saturated carbocycles. The standard InChI is InChI=1S/C14H17N5O7/c1-5(21)24-9-7(3-20)26-13(10(9)25-6(2)22)19-4-16-8-11(19)17-14(15)18-12(8)23/h4,7,9-10,13,20H,3H2,1-2H3,(H3,15,17,18,23)/t7-,9?,10+,13-/m1/s1. The first-order chi connectivity index (χ1) is 12.3. The third-order valence-electron chi connectivity index (χ3n) is 3.79. The molecule has 4 N–H and O–H groups in total. The molecule has 0 aromatic carbocycles. The molecule has 140 valence electrons. The Bertz CT molecular complexity index is 907. The van der Waals surface area contributed by atoms with Crippen LogP contribution in [0.2, 0.25) is 0 Å². The number of rotatable bonds is 4. The second-order valence-corrected chi connectivity index (χ2v) is 5.67. The van der Waals surface area contributed by atoms with Gasteiger partial charge in [0.2, 0.25) is 5.95 Å². The lowest BCUT2D eigenvalue weighted by atomic mass is 10.1. The number of nitrogen functional groups attached to an aromatic ring is 1. The van der Waals surface area contributed by atoms with E-state index in [4.69, 9.17) is 19.9 Å². The third-order valence-corrected chi connectivity index (χ3v) is 3.79. The molecule has 12 nitrogen and oxygen atoms in total. The predicted molar refractivity (Wildman–Crippen MR) is 84.7 cm³/mol. The number of aromatic amines is 1. The van der Waals surface area contributed by atoms with Crippen molar-refractivity contribution in [3.8, 4) is 0 Å². The molecule has 1 aliphatic rings. The fourth-order valence-electron chi connectivity index (χ4n) is 2.86. The van der Waals surface area contributed by atoms with E-state index in [1.165, 1.54) is 24.7 Å². The van der Waals surface area contributed by atoms with Crippen molar-refractivity contribution in [2.24, 2.45) is 0 Å². The van der Waals surface area contributed by atoms with Gasteiger partial charge in [-0.05, 0) is 0 Å². The molecule has 1 saturated heterocycles.